The highest BCUT2D eigenvalue weighted by atomic mass is 16.5. The summed E-state index contributed by atoms with van der Waals surface area (Å²) in [6.07, 6.45) is 2.08. The van der Waals surface area contributed by atoms with E-state index in [9.17, 15) is 4.79 Å². The van der Waals surface area contributed by atoms with Crippen LogP contribution in [0.1, 0.15) is 17.5 Å². The average molecular weight is 365 g/mol. The van der Waals surface area contributed by atoms with Crippen molar-refractivity contribution in [3.8, 4) is 0 Å². The first-order chi connectivity index (χ1) is 13.2. The molecule has 2 aliphatic rings. The number of hydrogen-bond acceptors (Lipinski definition) is 3. The summed E-state index contributed by atoms with van der Waals surface area (Å²) in [4.78, 5) is 16.7. The number of urea groups is 1. The molecule has 2 aliphatic heterocycles. The third-order valence-electron chi connectivity index (χ3n) is 5.50. The number of amides is 2. The molecule has 1 unspecified atom stereocenters. The first-order valence-corrected chi connectivity index (χ1v) is 9.71. The minimum absolute atomic E-state index is 0.0128. The number of benzene rings is 2. The number of rotatable bonds is 5. The van der Waals surface area contributed by atoms with Crippen LogP contribution in [0.5, 0.6) is 0 Å². The highest BCUT2D eigenvalue weighted by Gasteiger charge is 2.26. The van der Waals surface area contributed by atoms with Crippen molar-refractivity contribution < 1.29 is 9.53 Å². The SMILES string of the molecule is CN1CCc2ccc(NC(=O)N3CCC(COCc4ccccc4)C3)cc21. The standard InChI is InChI=1S/C22H27N3O2/c1-24-11-10-19-7-8-20(13-21(19)24)23-22(26)25-12-9-18(14-25)16-27-15-17-5-3-2-4-6-17/h2-8,13,18H,9-12,14-16H2,1H3,(H,23,26). The van der Waals surface area contributed by atoms with E-state index in [0.29, 0.717) is 19.1 Å². The molecule has 0 spiro atoms. The van der Waals surface area contributed by atoms with Crippen molar-refractivity contribution in [1.29, 1.82) is 0 Å². The number of nitrogens with one attached hydrogen (secondary N) is 1. The van der Waals surface area contributed by atoms with E-state index >= 15 is 0 Å². The molecule has 0 aromatic heterocycles. The van der Waals surface area contributed by atoms with Crippen molar-refractivity contribution in [1.82, 2.24) is 4.90 Å². The molecule has 0 bridgehead atoms. The van der Waals surface area contributed by atoms with Crippen molar-refractivity contribution in [3.05, 3.63) is 59.7 Å². The van der Waals surface area contributed by atoms with Crippen LogP contribution in [0.3, 0.4) is 0 Å². The molecule has 5 nitrogen and oxygen atoms in total. The van der Waals surface area contributed by atoms with Crippen LogP contribution < -0.4 is 10.2 Å². The molecule has 2 aromatic rings. The average Bonchev–Trinajstić information content (AvgIpc) is 3.30. The van der Waals surface area contributed by atoms with Gasteiger partial charge in [0.15, 0.2) is 0 Å². The maximum Gasteiger partial charge on any atom is 0.321 e. The third kappa shape index (κ3) is 4.25. The minimum Gasteiger partial charge on any atom is -0.376 e. The van der Waals surface area contributed by atoms with Crippen LogP contribution in [0, 0.1) is 5.92 Å². The van der Waals surface area contributed by atoms with E-state index in [0.717, 1.165) is 38.2 Å². The van der Waals surface area contributed by atoms with Gasteiger partial charge in [-0.1, -0.05) is 36.4 Å². The zero-order valence-electron chi connectivity index (χ0n) is 15.9. The second-order valence-corrected chi connectivity index (χ2v) is 7.55. The van der Waals surface area contributed by atoms with Crippen LogP contribution in [-0.4, -0.2) is 44.2 Å². The lowest BCUT2D eigenvalue weighted by Crippen LogP contribution is -2.33. The number of hydrogen-bond donors (Lipinski definition) is 1. The van der Waals surface area contributed by atoms with Crippen LogP contribution in [0.4, 0.5) is 16.2 Å². The van der Waals surface area contributed by atoms with Crippen molar-refractivity contribution in [3.63, 3.8) is 0 Å². The van der Waals surface area contributed by atoms with E-state index in [4.69, 9.17) is 4.74 Å². The van der Waals surface area contributed by atoms with Crippen LogP contribution >= 0.6 is 0 Å². The molecule has 2 heterocycles. The summed E-state index contributed by atoms with van der Waals surface area (Å²) in [7, 11) is 2.10. The van der Waals surface area contributed by atoms with Gasteiger partial charge < -0.3 is 19.9 Å². The van der Waals surface area contributed by atoms with Crippen molar-refractivity contribution in [2.75, 3.05) is 43.5 Å². The summed E-state index contributed by atoms with van der Waals surface area (Å²) in [6, 6.07) is 16.4. The fraction of sp³-hybridized carbons (Fsp3) is 0.409. The summed E-state index contributed by atoms with van der Waals surface area (Å²) in [5.74, 6) is 0.408. The Hall–Kier alpha value is -2.53. The normalized spacial score (nSPS) is 18.6. The molecule has 1 N–H and O–H groups in total. The number of nitrogens with zero attached hydrogens (tertiary/aromatic N) is 2. The molecule has 1 fully saturated rings. The molecular weight excluding hydrogens is 338 g/mol. The minimum atomic E-state index is -0.0128. The lowest BCUT2D eigenvalue weighted by atomic mass is 10.1. The first kappa shape index (κ1) is 17.9. The topological polar surface area (TPSA) is 44.8 Å². The van der Waals surface area contributed by atoms with Crippen molar-refractivity contribution >= 4 is 17.4 Å². The molecule has 1 saturated heterocycles. The number of anilines is 2. The Morgan fingerprint density at radius 1 is 1.19 bits per heavy atom. The molecular formula is C22H27N3O2. The Labute approximate surface area is 160 Å². The Morgan fingerprint density at radius 3 is 2.89 bits per heavy atom. The Kier molecular flexibility index (Phi) is 5.30. The lowest BCUT2D eigenvalue weighted by molar-refractivity contribution is 0.0900. The summed E-state index contributed by atoms with van der Waals surface area (Å²) < 4.78 is 5.85. The van der Waals surface area contributed by atoms with Crippen LogP contribution in [-0.2, 0) is 17.8 Å². The number of ether oxygens (including phenoxy) is 1. The summed E-state index contributed by atoms with van der Waals surface area (Å²) in [5.41, 5.74) is 4.64. The fourth-order valence-electron chi connectivity index (χ4n) is 3.89. The zero-order chi connectivity index (χ0) is 18.6. The van der Waals surface area contributed by atoms with Gasteiger partial charge in [0.25, 0.3) is 0 Å². The van der Waals surface area contributed by atoms with E-state index in [1.165, 1.54) is 16.8 Å². The highest BCUT2D eigenvalue weighted by Crippen LogP contribution is 2.30. The van der Waals surface area contributed by atoms with E-state index in [-0.39, 0.29) is 6.03 Å². The van der Waals surface area contributed by atoms with Gasteiger partial charge in [0.2, 0.25) is 0 Å². The molecule has 2 aromatic carbocycles. The van der Waals surface area contributed by atoms with Gasteiger partial charge >= 0.3 is 6.03 Å². The van der Waals surface area contributed by atoms with Crippen molar-refractivity contribution in [2.45, 2.75) is 19.4 Å². The monoisotopic (exact) mass is 365 g/mol. The van der Waals surface area contributed by atoms with Crippen LogP contribution in [0.2, 0.25) is 0 Å². The van der Waals surface area contributed by atoms with Gasteiger partial charge in [-0.05, 0) is 36.1 Å². The van der Waals surface area contributed by atoms with Gasteiger partial charge in [-0.15, -0.1) is 0 Å². The Balaban J connectivity index is 1.25. The largest absolute Gasteiger partial charge is 0.376 e. The maximum absolute atomic E-state index is 12.6. The van der Waals surface area contributed by atoms with E-state index in [1.807, 2.05) is 29.2 Å². The Bertz CT molecular complexity index is 793. The molecule has 4 rings (SSSR count). The lowest BCUT2D eigenvalue weighted by Gasteiger charge is -2.19. The van der Waals surface area contributed by atoms with E-state index in [2.05, 4.69) is 41.5 Å². The van der Waals surface area contributed by atoms with Gasteiger partial charge in [0.1, 0.15) is 0 Å². The first-order valence-electron chi connectivity index (χ1n) is 9.71. The highest BCUT2D eigenvalue weighted by molar-refractivity contribution is 5.90. The molecule has 0 radical (unpaired) electrons. The van der Waals surface area contributed by atoms with Crippen LogP contribution in [0.15, 0.2) is 48.5 Å². The quantitative estimate of drug-likeness (QED) is 0.878. The number of carbonyl (C=O) groups excluding carboxylic acids is 1. The van der Waals surface area contributed by atoms with E-state index < -0.39 is 0 Å². The van der Waals surface area contributed by atoms with Gasteiger partial charge in [-0.25, -0.2) is 4.79 Å². The van der Waals surface area contributed by atoms with Gasteiger partial charge in [-0.3, -0.25) is 0 Å². The number of carbonyl (C=O) groups is 1. The Morgan fingerprint density at radius 2 is 2.04 bits per heavy atom. The maximum atomic E-state index is 12.6. The van der Waals surface area contributed by atoms with Gasteiger partial charge in [0, 0.05) is 44.0 Å². The predicted octanol–water partition coefficient (Wildman–Crippen LogP) is 3.75. The van der Waals surface area contributed by atoms with Crippen molar-refractivity contribution in [2.24, 2.45) is 5.92 Å². The summed E-state index contributed by atoms with van der Waals surface area (Å²) in [5, 5.41) is 3.06. The number of likely N-dealkylation sites (tertiary alicyclic amines) is 1. The second kappa shape index (κ2) is 8.01. The molecule has 0 saturated carbocycles. The predicted molar refractivity (Wildman–Crippen MR) is 108 cm³/mol. The molecule has 0 aliphatic carbocycles. The zero-order valence-corrected chi connectivity index (χ0v) is 15.9. The molecule has 27 heavy (non-hydrogen) atoms. The summed E-state index contributed by atoms with van der Waals surface area (Å²) >= 11 is 0. The third-order valence-corrected chi connectivity index (χ3v) is 5.50. The summed E-state index contributed by atoms with van der Waals surface area (Å²) in [6.45, 7) is 3.92. The molecule has 5 heteroatoms. The smallest absolute Gasteiger partial charge is 0.321 e. The second-order valence-electron chi connectivity index (χ2n) is 7.55. The number of fused-ring (bicyclic) bond motifs is 1. The number of likely N-dealkylation sites (N-methyl/N-ethyl adjacent to an activating group) is 1. The van der Waals surface area contributed by atoms with E-state index in [1.54, 1.807) is 0 Å². The van der Waals surface area contributed by atoms with Gasteiger partial charge in [-0.2, -0.15) is 0 Å². The van der Waals surface area contributed by atoms with Crippen LogP contribution in [0.25, 0.3) is 0 Å². The molecule has 1 atom stereocenters. The van der Waals surface area contributed by atoms with Gasteiger partial charge in [0.05, 0.1) is 13.2 Å². The molecule has 142 valence electrons. The molecule has 2 amide bonds. The fourth-order valence-corrected chi connectivity index (χ4v) is 3.89.